The first-order chi connectivity index (χ1) is 7.90. The number of carboxylic acid groups (broad SMARTS) is 1. The van der Waals surface area contributed by atoms with Crippen molar-refractivity contribution in [3.63, 3.8) is 0 Å². The van der Waals surface area contributed by atoms with E-state index >= 15 is 0 Å². The topological polar surface area (TPSA) is 102 Å². The SMILES string of the molecule is COCCCC(N)C(=O)N[C@@H](C(=O)O)C(C)C. The zero-order valence-electron chi connectivity index (χ0n) is 10.6. The Labute approximate surface area is 102 Å². The number of rotatable bonds is 8. The molecule has 100 valence electrons. The van der Waals surface area contributed by atoms with Gasteiger partial charge in [0.25, 0.3) is 0 Å². The van der Waals surface area contributed by atoms with Gasteiger partial charge in [-0.25, -0.2) is 4.79 Å². The molecule has 0 heterocycles. The monoisotopic (exact) mass is 246 g/mol. The third-order valence-corrected chi connectivity index (χ3v) is 2.43. The first kappa shape index (κ1) is 15.9. The molecule has 0 aromatic carbocycles. The van der Waals surface area contributed by atoms with E-state index in [9.17, 15) is 9.59 Å². The minimum atomic E-state index is -1.04. The molecule has 6 nitrogen and oxygen atoms in total. The zero-order valence-corrected chi connectivity index (χ0v) is 10.6. The van der Waals surface area contributed by atoms with Crippen molar-refractivity contribution < 1.29 is 19.4 Å². The van der Waals surface area contributed by atoms with E-state index in [0.29, 0.717) is 19.4 Å². The number of hydrogen-bond donors (Lipinski definition) is 3. The summed E-state index contributed by atoms with van der Waals surface area (Å²) < 4.78 is 4.85. The molecule has 1 unspecified atom stereocenters. The van der Waals surface area contributed by atoms with E-state index < -0.39 is 24.0 Å². The van der Waals surface area contributed by atoms with E-state index in [1.807, 2.05) is 0 Å². The van der Waals surface area contributed by atoms with Gasteiger partial charge >= 0.3 is 5.97 Å². The summed E-state index contributed by atoms with van der Waals surface area (Å²) >= 11 is 0. The number of ether oxygens (including phenoxy) is 1. The molecular weight excluding hydrogens is 224 g/mol. The van der Waals surface area contributed by atoms with Gasteiger partial charge in [0.15, 0.2) is 0 Å². The van der Waals surface area contributed by atoms with E-state index in [-0.39, 0.29) is 5.92 Å². The molecule has 0 aliphatic carbocycles. The van der Waals surface area contributed by atoms with Crippen LogP contribution in [0.5, 0.6) is 0 Å². The van der Waals surface area contributed by atoms with Crippen molar-refractivity contribution in [2.45, 2.75) is 38.8 Å². The van der Waals surface area contributed by atoms with Gasteiger partial charge in [-0.05, 0) is 18.8 Å². The van der Waals surface area contributed by atoms with E-state index in [0.717, 1.165) is 0 Å². The van der Waals surface area contributed by atoms with Gasteiger partial charge in [0.2, 0.25) is 5.91 Å². The molecule has 6 heteroatoms. The predicted octanol–water partition coefficient (Wildman–Crippen LogP) is -0.0343. The number of nitrogens with two attached hydrogens (primary N) is 1. The summed E-state index contributed by atoms with van der Waals surface area (Å²) in [4.78, 5) is 22.5. The summed E-state index contributed by atoms with van der Waals surface area (Å²) in [5.41, 5.74) is 5.65. The Hall–Kier alpha value is -1.14. The lowest BCUT2D eigenvalue weighted by molar-refractivity contribution is -0.143. The standard InChI is InChI=1S/C11H22N2O4/c1-7(2)9(11(15)16)13-10(14)8(12)5-4-6-17-3/h7-9H,4-6,12H2,1-3H3,(H,13,14)(H,15,16)/t8?,9-/m1/s1. The summed E-state index contributed by atoms with van der Waals surface area (Å²) in [5, 5.41) is 11.4. The molecule has 4 N–H and O–H groups in total. The molecule has 0 saturated heterocycles. The van der Waals surface area contributed by atoms with Crippen molar-refractivity contribution in [1.82, 2.24) is 5.32 Å². The van der Waals surface area contributed by atoms with Crippen molar-refractivity contribution in [2.24, 2.45) is 11.7 Å². The van der Waals surface area contributed by atoms with Gasteiger partial charge in [-0.15, -0.1) is 0 Å². The number of carbonyl (C=O) groups is 2. The lowest BCUT2D eigenvalue weighted by atomic mass is 10.0. The van der Waals surface area contributed by atoms with Crippen molar-refractivity contribution in [3.8, 4) is 0 Å². The molecule has 17 heavy (non-hydrogen) atoms. The molecular formula is C11H22N2O4. The normalized spacial score (nSPS) is 14.4. The van der Waals surface area contributed by atoms with Gasteiger partial charge in [-0.1, -0.05) is 13.8 Å². The Morgan fingerprint density at radius 1 is 1.41 bits per heavy atom. The number of hydrogen-bond acceptors (Lipinski definition) is 4. The summed E-state index contributed by atoms with van der Waals surface area (Å²) in [5.74, 6) is -1.65. The van der Waals surface area contributed by atoms with Crippen LogP contribution in [-0.4, -0.2) is 42.8 Å². The van der Waals surface area contributed by atoms with Crippen LogP contribution in [0.3, 0.4) is 0 Å². The molecule has 0 bridgehead atoms. The fraction of sp³-hybridized carbons (Fsp3) is 0.818. The van der Waals surface area contributed by atoms with Crippen LogP contribution in [-0.2, 0) is 14.3 Å². The highest BCUT2D eigenvalue weighted by Crippen LogP contribution is 2.03. The Kier molecular flexibility index (Phi) is 7.49. The average Bonchev–Trinajstić information content (AvgIpc) is 2.24. The van der Waals surface area contributed by atoms with Gasteiger partial charge in [-0.2, -0.15) is 0 Å². The molecule has 0 saturated carbocycles. The summed E-state index contributed by atoms with van der Waals surface area (Å²) in [6, 6.07) is -1.58. The molecule has 1 amide bonds. The molecule has 0 spiro atoms. The molecule has 0 radical (unpaired) electrons. The number of methoxy groups -OCH3 is 1. The highest BCUT2D eigenvalue weighted by molar-refractivity contribution is 5.86. The van der Waals surface area contributed by atoms with Crippen LogP contribution in [0.1, 0.15) is 26.7 Å². The van der Waals surface area contributed by atoms with E-state index in [2.05, 4.69) is 5.32 Å². The highest BCUT2D eigenvalue weighted by atomic mass is 16.5. The number of aliphatic carboxylic acids is 1. The maximum absolute atomic E-state index is 11.6. The van der Waals surface area contributed by atoms with Crippen LogP contribution >= 0.6 is 0 Å². The summed E-state index contributed by atoms with van der Waals surface area (Å²) in [7, 11) is 1.57. The lowest BCUT2D eigenvalue weighted by Crippen LogP contribution is -2.50. The maximum Gasteiger partial charge on any atom is 0.326 e. The van der Waals surface area contributed by atoms with Crippen LogP contribution in [0.25, 0.3) is 0 Å². The van der Waals surface area contributed by atoms with E-state index in [4.69, 9.17) is 15.6 Å². The third-order valence-electron chi connectivity index (χ3n) is 2.43. The Morgan fingerprint density at radius 3 is 2.41 bits per heavy atom. The maximum atomic E-state index is 11.6. The Bertz CT molecular complexity index is 256. The Balaban J connectivity index is 4.16. The number of nitrogens with one attached hydrogen (secondary N) is 1. The fourth-order valence-corrected chi connectivity index (χ4v) is 1.35. The second-order valence-electron chi connectivity index (χ2n) is 4.31. The van der Waals surface area contributed by atoms with Crippen LogP contribution in [0, 0.1) is 5.92 Å². The lowest BCUT2D eigenvalue weighted by Gasteiger charge is -2.20. The predicted molar refractivity (Wildman–Crippen MR) is 63.5 cm³/mol. The minimum absolute atomic E-state index is 0.178. The second kappa shape index (κ2) is 8.03. The van der Waals surface area contributed by atoms with Crippen LogP contribution in [0.15, 0.2) is 0 Å². The van der Waals surface area contributed by atoms with Gasteiger partial charge in [0, 0.05) is 13.7 Å². The van der Waals surface area contributed by atoms with E-state index in [1.165, 1.54) is 0 Å². The first-order valence-corrected chi connectivity index (χ1v) is 5.67. The van der Waals surface area contributed by atoms with Crippen LogP contribution in [0.2, 0.25) is 0 Å². The van der Waals surface area contributed by atoms with Crippen molar-refractivity contribution >= 4 is 11.9 Å². The summed E-state index contributed by atoms with van der Waals surface area (Å²) in [6.07, 6.45) is 1.15. The van der Waals surface area contributed by atoms with Crippen molar-refractivity contribution in [3.05, 3.63) is 0 Å². The second-order valence-corrected chi connectivity index (χ2v) is 4.31. The smallest absolute Gasteiger partial charge is 0.326 e. The fourth-order valence-electron chi connectivity index (χ4n) is 1.35. The summed E-state index contributed by atoms with van der Waals surface area (Å²) in [6.45, 7) is 4.00. The average molecular weight is 246 g/mol. The van der Waals surface area contributed by atoms with Crippen molar-refractivity contribution in [1.29, 1.82) is 0 Å². The molecule has 0 rings (SSSR count). The number of amides is 1. The van der Waals surface area contributed by atoms with Gasteiger partial charge in [0.1, 0.15) is 6.04 Å². The van der Waals surface area contributed by atoms with Gasteiger partial charge in [-0.3, -0.25) is 4.79 Å². The van der Waals surface area contributed by atoms with Gasteiger partial charge < -0.3 is 20.9 Å². The van der Waals surface area contributed by atoms with Gasteiger partial charge in [0.05, 0.1) is 6.04 Å². The molecule has 0 aliphatic rings. The molecule has 0 aromatic heterocycles. The molecule has 0 aliphatic heterocycles. The molecule has 0 fully saturated rings. The first-order valence-electron chi connectivity index (χ1n) is 5.67. The molecule has 2 atom stereocenters. The van der Waals surface area contributed by atoms with Crippen molar-refractivity contribution in [2.75, 3.05) is 13.7 Å². The third kappa shape index (κ3) is 6.23. The van der Waals surface area contributed by atoms with Crippen LogP contribution in [0.4, 0.5) is 0 Å². The largest absolute Gasteiger partial charge is 0.480 e. The van der Waals surface area contributed by atoms with E-state index in [1.54, 1.807) is 21.0 Å². The van der Waals surface area contributed by atoms with Crippen LogP contribution < -0.4 is 11.1 Å². The Morgan fingerprint density at radius 2 is 2.00 bits per heavy atom. The number of carboxylic acids is 1. The zero-order chi connectivity index (χ0) is 13.4. The quantitative estimate of drug-likeness (QED) is 0.522. The number of carbonyl (C=O) groups excluding carboxylic acids is 1. The minimum Gasteiger partial charge on any atom is -0.480 e. The molecule has 0 aromatic rings. The highest BCUT2D eigenvalue weighted by Gasteiger charge is 2.25.